The first kappa shape index (κ1) is 90.6. The zero-order valence-corrected chi connectivity index (χ0v) is 62.0. The quantitative estimate of drug-likeness (QED) is 0.0264. The third-order valence-corrected chi connectivity index (χ3v) is 17.4. The number of carbonyl (C=O) groups is 2. The molecule has 0 rings (SSSR count). The minimum Gasteiger partial charge on any atom is -0.462 e. The van der Waals surface area contributed by atoms with Crippen LogP contribution < -0.4 is 5.73 Å². The van der Waals surface area contributed by atoms with Crippen LogP contribution in [0.4, 0.5) is 0 Å². The summed E-state index contributed by atoms with van der Waals surface area (Å²) < 4.78 is 33.3. The van der Waals surface area contributed by atoms with Crippen molar-refractivity contribution >= 4 is 19.8 Å². The van der Waals surface area contributed by atoms with Crippen molar-refractivity contribution in [2.24, 2.45) is 5.73 Å². The van der Waals surface area contributed by atoms with Crippen LogP contribution in [0.25, 0.3) is 0 Å². The Kier molecular flexibility index (Phi) is 75.0. The lowest BCUT2D eigenvalue weighted by molar-refractivity contribution is -0.161. The van der Waals surface area contributed by atoms with Gasteiger partial charge in [-0.15, -0.1) is 0 Å². The van der Waals surface area contributed by atoms with Gasteiger partial charge in [-0.2, -0.15) is 0 Å². The Balaban J connectivity index is 3.84. The summed E-state index contributed by atoms with van der Waals surface area (Å²) in [7, 11) is -4.40. The average molecular weight is 1340 g/mol. The molecule has 0 saturated carbocycles. The molecule has 0 heterocycles. The molecule has 0 aromatic heterocycles. The Hall–Kier alpha value is -4.37. The van der Waals surface area contributed by atoms with E-state index in [1.807, 2.05) is 0 Å². The smallest absolute Gasteiger partial charge is 0.462 e. The normalized spacial score (nSPS) is 13.8. The summed E-state index contributed by atoms with van der Waals surface area (Å²) in [5, 5.41) is 0. The molecule has 0 aliphatic carbocycles. The molecule has 10 heteroatoms. The molecule has 0 saturated heterocycles. The second-order valence-electron chi connectivity index (χ2n) is 25.5. The summed E-state index contributed by atoms with van der Waals surface area (Å²) in [6.45, 7) is 3.54. The maximum absolute atomic E-state index is 12.8. The monoisotopic (exact) mass is 1340 g/mol. The van der Waals surface area contributed by atoms with Gasteiger partial charge < -0.3 is 20.1 Å². The largest absolute Gasteiger partial charge is 0.472 e. The van der Waals surface area contributed by atoms with Crippen molar-refractivity contribution in [2.75, 3.05) is 26.4 Å². The number of nitrogens with two attached hydrogens (primary N) is 1. The number of unbranched alkanes of at least 4 members (excludes halogenated alkanes) is 33. The van der Waals surface area contributed by atoms with Crippen LogP contribution >= 0.6 is 7.82 Å². The number of phosphoric ester groups is 1. The van der Waals surface area contributed by atoms with Gasteiger partial charge in [0.25, 0.3) is 0 Å². The number of carbonyl (C=O) groups excluding carboxylic acids is 2. The van der Waals surface area contributed by atoms with Crippen LogP contribution in [0.5, 0.6) is 0 Å². The number of allylic oxidation sites excluding steroid dienone is 26. The zero-order chi connectivity index (χ0) is 68.6. The molecular formula is C85H144NO8P. The van der Waals surface area contributed by atoms with Gasteiger partial charge in [0.2, 0.25) is 0 Å². The molecule has 0 fully saturated rings. The molecule has 0 aliphatic rings. The minimum atomic E-state index is -4.40. The van der Waals surface area contributed by atoms with Crippen molar-refractivity contribution in [1.29, 1.82) is 0 Å². The number of phosphoric acid groups is 1. The van der Waals surface area contributed by atoms with Crippen molar-refractivity contribution < 1.29 is 37.6 Å². The van der Waals surface area contributed by atoms with Gasteiger partial charge in [0.1, 0.15) is 6.61 Å². The van der Waals surface area contributed by atoms with Gasteiger partial charge in [-0.25, -0.2) is 4.57 Å². The third kappa shape index (κ3) is 78.5. The van der Waals surface area contributed by atoms with Crippen LogP contribution in [0.3, 0.4) is 0 Å². The van der Waals surface area contributed by atoms with Crippen molar-refractivity contribution in [3.63, 3.8) is 0 Å². The lowest BCUT2D eigenvalue weighted by Crippen LogP contribution is -2.29. The Morgan fingerprint density at radius 2 is 0.547 bits per heavy atom. The molecular weight excluding hydrogens is 1190 g/mol. The number of hydrogen-bond acceptors (Lipinski definition) is 8. The fourth-order valence-corrected chi connectivity index (χ4v) is 11.5. The van der Waals surface area contributed by atoms with E-state index in [-0.39, 0.29) is 38.6 Å². The lowest BCUT2D eigenvalue weighted by Gasteiger charge is -2.19. The summed E-state index contributed by atoms with van der Waals surface area (Å²) in [4.78, 5) is 35.5. The fourth-order valence-electron chi connectivity index (χ4n) is 10.7. The zero-order valence-electron chi connectivity index (χ0n) is 61.1. The number of rotatable bonds is 72. The molecule has 0 spiro atoms. The molecule has 3 N–H and O–H groups in total. The Labute approximate surface area is 585 Å². The lowest BCUT2D eigenvalue weighted by atomic mass is 10.0. The predicted molar refractivity (Wildman–Crippen MR) is 413 cm³/mol. The van der Waals surface area contributed by atoms with Gasteiger partial charge >= 0.3 is 19.8 Å². The molecule has 2 atom stereocenters. The molecule has 0 aromatic carbocycles. The SMILES string of the molecule is CC/C=C\C/C=C\C/C=C\C/C=C\C/C=C\C/C=C\C/C=C\CCCCCCCCCCCCCCCCCCCCCC(=O)OC(COC(=O)CCCCCCCCCCCCCCCC/C=C\C/C=C\C/C=C\C/C=C\C/C=C\C/C=C\CC)COP(=O)(O)OCCN. The molecule has 9 nitrogen and oxygen atoms in total. The van der Waals surface area contributed by atoms with E-state index in [1.54, 1.807) is 0 Å². The molecule has 0 radical (unpaired) electrons. The van der Waals surface area contributed by atoms with E-state index in [1.165, 1.54) is 180 Å². The van der Waals surface area contributed by atoms with E-state index in [4.69, 9.17) is 24.3 Å². The highest BCUT2D eigenvalue weighted by Gasteiger charge is 2.26. The summed E-state index contributed by atoms with van der Waals surface area (Å²) in [5.41, 5.74) is 5.41. The Bertz CT molecular complexity index is 2120. The van der Waals surface area contributed by atoms with E-state index in [0.717, 1.165) is 122 Å². The third-order valence-electron chi connectivity index (χ3n) is 16.4. The first-order valence-electron chi connectivity index (χ1n) is 39.0. The van der Waals surface area contributed by atoms with E-state index in [0.29, 0.717) is 6.42 Å². The number of esters is 2. The second-order valence-corrected chi connectivity index (χ2v) is 26.9. The first-order chi connectivity index (χ1) is 46.8. The van der Waals surface area contributed by atoms with Crippen molar-refractivity contribution in [1.82, 2.24) is 0 Å². The van der Waals surface area contributed by atoms with Crippen LogP contribution in [0.2, 0.25) is 0 Å². The summed E-state index contributed by atoms with van der Waals surface area (Å²) in [6.07, 6.45) is 115. The fraction of sp³-hybridized carbons (Fsp3) is 0.671. The molecule has 0 aromatic rings. The topological polar surface area (TPSA) is 134 Å². The molecule has 2 unspecified atom stereocenters. The van der Waals surface area contributed by atoms with Crippen LogP contribution in [-0.2, 0) is 32.7 Å². The Morgan fingerprint density at radius 3 is 0.811 bits per heavy atom. The van der Waals surface area contributed by atoms with Gasteiger partial charge in [-0.05, 0) is 122 Å². The van der Waals surface area contributed by atoms with Gasteiger partial charge in [-0.3, -0.25) is 18.6 Å². The summed E-state index contributed by atoms with van der Waals surface area (Å²) in [6, 6.07) is 0. The average Bonchev–Trinajstić information content (AvgIpc) is 2.75. The highest BCUT2D eigenvalue weighted by molar-refractivity contribution is 7.47. The number of hydrogen-bond donors (Lipinski definition) is 2. The van der Waals surface area contributed by atoms with Crippen LogP contribution in [-0.4, -0.2) is 49.3 Å². The van der Waals surface area contributed by atoms with Gasteiger partial charge in [0, 0.05) is 19.4 Å². The predicted octanol–water partition coefficient (Wildman–Crippen LogP) is 26.3. The first-order valence-corrected chi connectivity index (χ1v) is 40.5. The van der Waals surface area contributed by atoms with Crippen LogP contribution in [0.15, 0.2) is 158 Å². The molecule has 0 bridgehead atoms. The second kappa shape index (κ2) is 78.6. The van der Waals surface area contributed by atoms with E-state index in [2.05, 4.69) is 172 Å². The van der Waals surface area contributed by atoms with Gasteiger partial charge in [-0.1, -0.05) is 358 Å². The molecule has 95 heavy (non-hydrogen) atoms. The standard InChI is InChI=1S/C85H144NO8P/c1-3-5-7-9-11-13-15-17-19-21-23-25-27-29-31-33-35-37-38-39-40-41-42-43-44-46-48-50-52-54-56-58-60-62-64-66-68-70-72-74-76-78-85(88)94-83(82-93-95(89,90)92-80-79-86)81-91-84(87)77-75-73-71-69-67-65-63-61-59-57-55-53-51-49-47-45-36-34-32-30-28-26-24-22-20-18-16-14-12-10-8-6-4-2/h5-8,11-14,17-20,23-26,29-32,35-37,39-40,45,83H,3-4,9-10,15-16,21-22,27-28,33-34,38,41-44,46-82,86H2,1-2H3,(H,89,90)/b7-5-,8-6-,13-11-,14-12-,19-17-,20-18-,25-23-,26-24-,31-29-,32-30-,37-35-,40-39-,45-36-. The van der Waals surface area contributed by atoms with Crippen LogP contribution in [0, 0.1) is 0 Å². The highest BCUT2D eigenvalue weighted by Crippen LogP contribution is 2.43. The maximum Gasteiger partial charge on any atom is 0.472 e. The highest BCUT2D eigenvalue weighted by atomic mass is 31.2. The van der Waals surface area contributed by atoms with E-state index < -0.39 is 26.5 Å². The Morgan fingerprint density at radius 1 is 0.316 bits per heavy atom. The van der Waals surface area contributed by atoms with Gasteiger partial charge in [0.05, 0.1) is 13.2 Å². The van der Waals surface area contributed by atoms with E-state index in [9.17, 15) is 19.0 Å². The van der Waals surface area contributed by atoms with E-state index >= 15 is 0 Å². The van der Waals surface area contributed by atoms with Crippen molar-refractivity contribution in [2.45, 2.75) is 341 Å². The summed E-state index contributed by atoms with van der Waals surface area (Å²) >= 11 is 0. The summed E-state index contributed by atoms with van der Waals surface area (Å²) in [5.74, 6) is -0.822. The number of ether oxygens (including phenoxy) is 2. The maximum atomic E-state index is 12.8. The van der Waals surface area contributed by atoms with Gasteiger partial charge in [0.15, 0.2) is 6.10 Å². The minimum absolute atomic E-state index is 0.0492. The molecule has 542 valence electrons. The molecule has 0 amide bonds. The van der Waals surface area contributed by atoms with Crippen molar-refractivity contribution in [3.05, 3.63) is 158 Å². The van der Waals surface area contributed by atoms with Crippen molar-refractivity contribution in [3.8, 4) is 0 Å². The van der Waals surface area contributed by atoms with Crippen LogP contribution in [0.1, 0.15) is 335 Å². The molecule has 0 aliphatic heterocycles.